The molecule has 0 atom stereocenters. The van der Waals surface area contributed by atoms with Crippen molar-refractivity contribution in [2.45, 2.75) is 13.5 Å². The summed E-state index contributed by atoms with van der Waals surface area (Å²) in [4.78, 5) is 29.5. The number of ether oxygens (including phenoxy) is 1. The normalized spacial score (nSPS) is 10.9. The molecule has 3 rings (SSSR count). The van der Waals surface area contributed by atoms with Gasteiger partial charge in [0.1, 0.15) is 12.3 Å². The number of amides is 2. The second-order valence-corrected chi connectivity index (χ2v) is 9.24. The third kappa shape index (κ3) is 6.79. The van der Waals surface area contributed by atoms with Gasteiger partial charge < -0.3 is 15.4 Å². The lowest BCUT2D eigenvalue weighted by Crippen LogP contribution is -2.37. The van der Waals surface area contributed by atoms with Crippen LogP contribution in [-0.2, 0) is 21.4 Å². The zero-order valence-electron chi connectivity index (χ0n) is 18.9. The number of hydrogen-bond acceptors (Lipinski definition) is 6. The first-order chi connectivity index (χ1) is 16.3. The minimum Gasteiger partial charge on any atom is -0.494 e. The van der Waals surface area contributed by atoms with E-state index in [4.69, 9.17) is 4.74 Å². The summed E-state index contributed by atoms with van der Waals surface area (Å²) in [5.74, 6) is -0.492. The molecule has 0 aliphatic carbocycles. The van der Waals surface area contributed by atoms with Gasteiger partial charge in [0.05, 0.1) is 29.8 Å². The molecule has 0 spiro atoms. The first-order valence-corrected chi connectivity index (χ1v) is 12.4. The molecule has 2 N–H and O–H groups in total. The van der Waals surface area contributed by atoms with Crippen LogP contribution in [0.5, 0.6) is 5.75 Å². The fraction of sp³-hybridized carbons (Fsp3) is 0.208. The molecular weight excluding hydrogens is 456 g/mol. The van der Waals surface area contributed by atoms with Crippen LogP contribution in [0.1, 0.15) is 22.8 Å². The highest BCUT2D eigenvalue weighted by atomic mass is 32.2. The number of sulfonamides is 1. The maximum Gasteiger partial charge on any atom is 0.253 e. The van der Waals surface area contributed by atoms with Crippen molar-refractivity contribution in [3.8, 4) is 5.75 Å². The molecule has 0 aliphatic heterocycles. The number of pyridine rings is 1. The van der Waals surface area contributed by atoms with Crippen LogP contribution in [0.3, 0.4) is 0 Å². The molecule has 2 aromatic carbocycles. The van der Waals surface area contributed by atoms with Crippen LogP contribution in [0.25, 0.3) is 0 Å². The van der Waals surface area contributed by atoms with Crippen molar-refractivity contribution in [1.29, 1.82) is 0 Å². The van der Waals surface area contributed by atoms with Crippen LogP contribution < -0.4 is 19.7 Å². The summed E-state index contributed by atoms with van der Waals surface area (Å²) in [5, 5.41) is 5.44. The van der Waals surface area contributed by atoms with Gasteiger partial charge in [0.2, 0.25) is 15.9 Å². The van der Waals surface area contributed by atoms with Crippen LogP contribution in [0, 0.1) is 0 Å². The topological polar surface area (TPSA) is 118 Å². The smallest absolute Gasteiger partial charge is 0.253 e. The molecule has 34 heavy (non-hydrogen) atoms. The lowest BCUT2D eigenvalue weighted by molar-refractivity contribution is -0.114. The number of nitrogens with zero attached hydrogens (tertiary/aromatic N) is 2. The lowest BCUT2D eigenvalue weighted by atomic mass is 10.1. The van der Waals surface area contributed by atoms with Crippen molar-refractivity contribution >= 4 is 33.2 Å². The second-order valence-electron chi connectivity index (χ2n) is 7.34. The number of anilines is 2. The molecule has 9 nitrogen and oxygen atoms in total. The van der Waals surface area contributed by atoms with Gasteiger partial charge in [0, 0.05) is 25.0 Å². The number of para-hydroxylation sites is 1. The maximum absolute atomic E-state index is 12.8. The van der Waals surface area contributed by atoms with Crippen LogP contribution in [-0.4, -0.2) is 44.6 Å². The van der Waals surface area contributed by atoms with E-state index >= 15 is 0 Å². The molecule has 0 aliphatic rings. The lowest BCUT2D eigenvalue weighted by Gasteiger charge is -2.22. The minimum absolute atomic E-state index is 0.254. The fourth-order valence-corrected chi connectivity index (χ4v) is 4.03. The summed E-state index contributed by atoms with van der Waals surface area (Å²) < 4.78 is 31.3. The molecule has 0 saturated carbocycles. The van der Waals surface area contributed by atoms with E-state index in [2.05, 4.69) is 15.6 Å². The van der Waals surface area contributed by atoms with Crippen molar-refractivity contribution in [2.24, 2.45) is 0 Å². The Kier molecular flexibility index (Phi) is 8.20. The molecule has 0 unspecified atom stereocenters. The number of nitrogens with one attached hydrogen (secondary N) is 2. The van der Waals surface area contributed by atoms with Crippen molar-refractivity contribution < 1.29 is 22.7 Å². The summed E-state index contributed by atoms with van der Waals surface area (Å²) in [5.41, 5.74) is 1.65. The third-order valence-corrected chi connectivity index (χ3v) is 5.87. The van der Waals surface area contributed by atoms with Gasteiger partial charge in [-0.1, -0.05) is 24.3 Å². The quantitative estimate of drug-likeness (QED) is 0.459. The van der Waals surface area contributed by atoms with Crippen LogP contribution in [0.2, 0.25) is 0 Å². The number of carbonyl (C=O) groups excluding carboxylic acids is 2. The summed E-state index contributed by atoms with van der Waals surface area (Å²) in [6, 6.07) is 16.6. The van der Waals surface area contributed by atoms with Gasteiger partial charge in [-0.05, 0) is 42.8 Å². The predicted molar refractivity (Wildman–Crippen MR) is 130 cm³/mol. The average molecular weight is 483 g/mol. The Morgan fingerprint density at radius 1 is 1.06 bits per heavy atom. The van der Waals surface area contributed by atoms with E-state index in [1.807, 2.05) is 13.0 Å². The molecule has 2 amide bonds. The molecule has 1 heterocycles. The Balaban J connectivity index is 1.74. The SMILES string of the molecule is CCOc1cccc(N(CC(=O)Nc2ccccc2C(=O)NCc2cccnc2)S(C)(=O)=O)c1. The van der Waals surface area contributed by atoms with E-state index in [1.54, 1.807) is 67.0 Å². The molecule has 0 bridgehead atoms. The molecule has 10 heteroatoms. The molecule has 1 aromatic heterocycles. The van der Waals surface area contributed by atoms with Crippen molar-refractivity contribution in [3.63, 3.8) is 0 Å². The highest BCUT2D eigenvalue weighted by Gasteiger charge is 2.22. The first-order valence-electron chi connectivity index (χ1n) is 10.5. The van der Waals surface area contributed by atoms with E-state index in [-0.39, 0.29) is 23.7 Å². The van der Waals surface area contributed by atoms with Crippen LogP contribution >= 0.6 is 0 Å². The summed E-state index contributed by atoms with van der Waals surface area (Å²) >= 11 is 0. The second kappa shape index (κ2) is 11.3. The van der Waals surface area contributed by atoms with E-state index in [0.29, 0.717) is 18.0 Å². The van der Waals surface area contributed by atoms with Crippen molar-refractivity contribution in [1.82, 2.24) is 10.3 Å². The molecule has 0 saturated heterocycles. The summed E-state index contributed by atoms with van der Waals surface area (Å²) in [6.07, 6.45) is 4.31. The fourth-order valence-electron chi connectivity index (χ4n) is 3.19. The molecule has 3 aromatic rings. The number of rotatable bonds is 10. The zero-order valence-corrected chi connectivity index (χ0v) is 19.7. The highest BCUT2D eigenvalue weighted by Crippen LogP contribution is 2.24. The number of benzene rings is 2. The Labute approximate surface area is 198 Å². The van der Waals surface area contributed by atoms with E-state index < -0.39 is 22.5 Å². The van der Waals surface area contributed by atoms with E-state index in [9.17, 15) is 18.0 Å². The molecule has 178 valence electrons. The van der Waals surface area contributed by atoms with Gasteiger partial charge in [0.15, 0.2) is 0 Å². The Morgan fingerprint density at radius 2 is 1.85 bits per heavy atom. The number of aromatic nitrogens is 1. The van der Waals surface area contributed by atoms with Gasteiger partial charge in [-0.3, -0.25) is 18.9 Å². The highest BCUT2D eigenvalue weighted by molar-refractivity contribution is 7.92. The predicted octanol–water partition coefficient (Wildman–Crippen LogP) is 2.82. The van der Waals surface area contributed by atoms with E-state index in [0.717, 1.165) is 16.1 Å². The zero-order chi connectivity index (χ0) is 24.6. The Morgan fingerprint density at radius 3 is 2.56 bits per heavy atom. The standard InChI is InChI=1S/C24H26N4O5S/c1-3-33-20-10-6-9-19(14-20)28(34(2,31)32)17-23(29)27-22-12-5-4-11-21(22)24(30)26-16-18-8-7-13-25-15-18/h4-15H,3,16-17H2,1-2H3,(H,26,30)(H,27,29). The van der Waals surface area contributed by atoms with Crippen molar-refractivity contribution in [3.05, 3.63) is 84.2 Å². The number of hydrogen-bond donors (Lipinski definition) is 2. The Hall–Kier alpha value is -3.92. The number of carbonyl (C=O) groups is 2. The molecule has 0 fully saturated rings. The largest absolute Gasteiger partial charge is 0.494 e. The average Bonchev–Trinajstić information content (AvgIpc) is 2.82. The van der Waals surface area contributed by atoms with E-state index in [1.165, 1.54) is 0 Å². The summed E-state index contributed by atoms with van der Waals surface area (Å²) in [6.45, 7) is 2.04. The molecule has 0 radical (unpaired) electrons. The molecular formula is C24H26N4O5S. The Bertz CT molecular complexity index is 1250. The van der Waals surface area contributed by atoms with Gasteiger partial charge in [0.25, 0.3) is 5.91 Å². The van der Waals surface area contributed by atoms with Crippen LogP contribution in [0.4, 0.5) is 11.4 Å². The minimum atomic E-state index is -3.77. The van der Waals surface area contributed by atoms with Gasteiger partial charge in [-0.15, -0.1) is 0 Å². The van der Waals surface area contributed by atoms with Crippen LogP contribution in [0.15, 0.2) is 73.1 Å². The van der Waals surface area contributed by atoms with Gasteiger partial charge in [-0.25, -0.2) is 8.42 Å². The van der Waals surface area contributed by atoms with Gasteiger partial charge >= 0.3 is 0 Å². The monoisotopic (exact) mass is 482 g/mol. The summed E-state index contributed by atoms with van der Waals surface area (Å²) in [7, 11) is -3.77. The van der Waals surface area contributed by atoms with Crippen molar-refractivity contribution in [2.75, 3.05) is 29.0 Å². The third-order valence-electron chi connectivity index (χ3n) is 4.73. The first kappa shape index (κ1) is 24.7. The maximum atomic E-state index is 12.8. The van der Waals surface area contributed by atoms with Gasteiger partial charge in [-0.2, -0.15) is 0 Å².